The molecule has 0 aliphatic rings. The molecule has 2 aromatic carbocycles. The first kappa shape index (κ1) is 22.7. The topological polar surface area (TPSA) is 71.8 Å². The molecular formula is C22H21Br2N2O3P. The lowest BCUT2D eigenvalue weighted by Gasteiger charge is -2.37. The van der Waals surface area contributed by atoms with Crippen LogP contribution in [0.2, 0.25) is 0 Å². The van der Waals surface area contributed by atoms with E-state index >= 15 is 0 Å². The van der Waals surface area contributed by atoms with Crippen LogP contribution in [0.25, 0.3) is 0 Å². The molecule has 3 rings (SSSR count). The van der Waals surface area contributed by atoms with Gasteiger partial charge in [0.15, 0.2) is 7.28 Å². The lowest BCUT2D eigenvalue weighted by Crippen LogP contribution is -2.27. The van der Waals surface area contributed by atoms with Crippen molar-refractivity contribution >= 4 is 56.1 Å². The Labute approximate surface area is 192 Å². The Bertz CT molecular complexity index is 1130. The van der Waals surface area contributed by atoms with Gasteiger partial charge in [-0.1, -0.05) is 42.8 Å². The molecule has 0 aliphatic heterocycles. The first-order valence-electron chi connectivity index (χ1n) is 9.13. The van der Waals surface area contributed by atoms with Crippen LogP contribution in [0, 0.1) is 0 Å². The Kier molecular flexibility index (Phi) is 6.85. The minimum absolute atomic E-state index is 0.183. The minimum atomic E-state index is -2.72. The fraction of sp³-hybridized carbons (Fsp3) is 0.182. The van der Waals surface area contributed by atoms with Gasteiger partial charge < -0.3 is 9.63 Å². The highest BCUT2D eigenvalue weighted by Crippen LogP contribution is 2.62. The van der Waals surface area contributed by atoms with Crippen molar-refractivity contribution in [1.29, 1.82) is 0 Å². The van der Waals surface area contributed by atoms with Gasteiger partial charge in [-0.2, -0.15) is 0 Å². The molecule has 30 heavy (non-hydrogen) atoms. The van der Waals surface area contributed by atoms with Gasteiger partial charge in [0, 0.05) is 27.3 Å². The number of rotatable bonds is 5. The number of hydrogen-bond donors (Lipinski definition) is 1. The molecule has 0 amide bonds. The monoisotopic (exact) mass is 550 g/mol. The summed E-state index contributed by atoms with van der Waals surface area (Å²) in [5, 5.41) is 9.93. The van der Waals surface area contributed by atoms with Crippen LogP contribution in [0.3, 0.4) is 0 Å². The molecule has 1 atom stereocenters. The molecule has 8 heteroatoms. The van der Waals surface area contributed by atoms with Crippen molar-refractivity contribution in [3.05, 3.63) is 81.5 Å². The van der Waals surface area contributed by atoms with E-state index in [2.05, 4.69) is 57.6 Å². The third-order valence-corrected chi connectivity index (χ3v) is 9.30. The predicted octanol–water partition coefficient (Wildman–Crippen LogP) is 7.26. The van der Waals surface area contributed by atoms with Crippen LogP contribution in [0.1, 0.15) is 31.1 Å². The highest BCUT2D eigenvalue weighted by Gasteiger charge is 2.39. The van der Waals surface area contributed by atoms with Crippen molar-refractivity contribution < 1.29 is 14.4 Å². The number of pyridine rings is 1. The average Bonchev–Trinajstić information content (AvgIpc) is 2.69. The number of nitrogens with zero attached hydrogens (tertiary/aromatic N) is 2. The van der Waals surface area contributed by atoms with Crippen molar-refractivity contribution in [2.75, 3.05) is 0 Å². The van der Waals surface area contributed by atoms with E-state index in [0.29, 0.717) is 11.4 Å². The Morgan fingerprint density at radius 2 is 1.77 bits per heavy atom. The number of carboxylic acids is 1. The SMILES string of the molecule is CC(C)(C)[P@](=Nc1cccc(C(=O)O)c1)(Oc1ccc(Br)cc1Br)c1ccncc1. The molecule has 0 fully saturated rings. The van der Waals surface area contributed by atoms with Crippen LogP contribution in [0.4, 0.5) is 5.69 Å². The van der Waals surface area contributed by atoms with Crippen molar-refractivity contribution in [2.24, 2.45) is 4.74 Å². The standard InChI is InChI=1S/C22H21Br2N2O3P/c1-22(2,3)30(18-9-11-25-12-10-18,29-20-8-7-16(23)14-19(20)24)26-17-6-4-5-15(13-17)21(27)28/h4-14H,1-3H3,(H,27,28)/t30-/m1/s1. The van der Waals surface area contributed by atoms with Gasteiger partial charge in [0.2, 0.25) is 0 Å². The third-order valence-electron chi connectivity index (χ3n) is 4.40. The van der Waals surface area contributed by atoms with E-state index in [-0.39, 0.29) is 10.7 Å². The first-order valence-corrected chi connectivity index (χ1v) is 12.4. The van der Waals surface area contributed by atoms with Gasteiger partial charge in [-0.05, 0) is 64.5 Å². The Morgan fingerprint density at radius 1 is 1.07 bits per heavy atom. The summed E-state index contributed by atoms with van der Waals surface area (Å²) >= 11 is 7.06. The average molecular weight is 552 g/mol. The van der Waals surface area contributed by atoms with E-state index in [9.17, 15) is 9.90 Å². The van der Waals surface area contributed by atoms with E-state index in [1.165, 1.54) is 0 Å². The second-order valence-electron chi connectivity index (χ2n) is 7.57. The van der Waals surface area contributed by atoms with Crippen molar-refractivity contribution in [3.63, 3.8) is 0 Å². The molecule has 1 heterocycles. The maximum atomic E-state index is 11.5. The summed E-state index contributed by atoms with van der Waals surface area (Å²) in [6, 6.07) is 16.2. The van der Waals surface area contributed by atoms with Crippen LogP contribution in [0.5, 0.6) is 5.75 Å². The number of halogens is 2. The van der Waals surface area contributed by atoms with Crippen LogP contribution >= 0.6 is 39.1 Å². The number of carbonyl (C=O) groups is 1. The Hall–Kier alpha value is -1.95. The van der Waals surface area contributed by atoms with E-state index in [1.807, 2.05) is 30.3 Å². The molecule has 1 aromatic heterocycles. The third kappa shape index (κ3) is 4.85. The zero-order valence-corrected chi connectivity index (χ0v) is 20.8. The predicted molar refractivity (Wildman–Crippen MR) is 129 cm³/mol. The van der Waals surface area contributed by atoms with Gasteiger partial charge in [0.1, 0.15) is 5.75 Å². The number of benzene rings is 2. The highest BCUT2D eigenvalue weighted by atomic mass is 79.9. The zero-order chi connectivity index (χ0) is 21.9. The minimum Gasteiger partial charge on any atom is -0.478 e. The summed E-state index contributed by atoms with van der Waals surface area (Å²) in [5.41, 5.74) is 0.742. The van der Waals surface area contributed by atoms with Gasteiger partial charge in [0.25, 0.3) is 0 Å². The van der Waals surface area contributed by atoms with Crippen molar-refractivity contribution in [2.45, 2.75) is 25.9 Å². The Morgan fingerprint density at radius 3 is 2.37 bits per heavy atom. The zero-order valence-electron chi connectivity index (χ0n) is 16.7. The van der Waals surface area contributed by atoms with E-state index in [4.69, 9.17) is 9.27 Å². The summed E-state index contributed by atoms with van der Waals surface area (Å²) in [7, 11) is -2.72. The molecule has 0 bridgehead atoms. The molecule has 5 nitrogen and oxygen atoms in total. The van der Waals surface area contributed by atoms with E-state index < -0.39 is 13.3 Å². The van der Waals surface area contributed by atoms with E-state index in [0.717, 1.165) is 14.2 Å². The van der Waals surface area contributed by atoms with Gasteiger partial charge in [-0.25, -0.2) is 9.54 Å². The van der Waals surface area contributed by atoms with E-state index in [1.54, 1.807) is 36.7 Å². The summed E-state index contributed by atoms with van der Waals surface area (Å²) in [6.07, 6.45) is 3.44. The van der Waals surface area contributed by atoms with Gasteiger partial charge >= 0.3 is 5.97 Å². The molecule has 1 N–H and O–H groups in total. The second-order valence-corrected chi connectivity index (χ2v) is 12.7. The summed E-state index contributed by atoms with van der Waals surface area (Å²) < 4.78 is 13.6. The molecular weight excluding hydrogens is 531 g/mol. The van der Waals surface area contributed by atoms with Gasteiger partial charge in [-0.15, -0.1) is 0 Å². The summed E-state index contributed by atoms with van der Waals surface area (Å²) in [5.74, 6) is -0.330. The number of carboxylic acid groups (broad SMARTS) is 1. The van der Waals surface area contributed by atoms with Crippen LogP contribution in [-0.4, -0.2) is 21.2 Å². The van der Waals surface area contributed by atoms with Crippen LogP contribution in [-0.2, 0) is 0 Å². The molecule has 0 saturated carbocycles. The molecule has 0 unspecified atom stereocenters. The summed E-state index contributed by atoms with van der Waals surface area (Å²) in [4.78, 5) is 15.6. The maximum Gasteiger partial charge on any atom is 0.335 e. The fourth-order valence-corrected chi connectivity index (χ4v) is 7.20. The van der Waals surface area contributed by atoms with Crippen molar-refractivity contribution in [3.8, 4) is 5.75 Å². The van der Waals surface area contributed by atoms with Crippen LogP contribution < -0.4 is 9.83 Å². The first-order chi connectivity index (χ1) is 14.1. The molecule has 0 aliphatic carbocycles. The van der Waals surface area contributed by atoms with Crippen molar-refractivity contribution in [1.82, 2.24) is 4.98 Å². The fourth-order valence-electron chi connectivity index (χ4n) is 2.91. The molecule has 0 saturated heterocycles. The van der Waals surface area contributed by atoms with Gasteiger partial charge in [0.05, 0.1) is 15.7 Å². The van der Waals surface area contributed by atoms with Crippen LogP contribution in [0.15, 0.2) is 80.7 Å². The highest BCUT2D eigenvalue weighted by molar-refractivity contribution is 9.11. The molecule has 0 spiro atoms. The normalized spacial score (nSPS) is 13.4. The quantitative estimate of drug-likeness (QED) is 0.339. The summed E-state index contributed by atoms with van der Waals surface area (Å²) in [6.45, 7) is 6.25. The molecule has 156 valence electrons. The molecule has 3 aromatic rings. The largest absolute Gasteiger partial charge is 0.478 e. The second kappa shape index (κ2) is 9.04. The van der Waals surface area contributed by atoms with Gasteiger partial charge in [-0.3, -0.25) is 4.98 Å². The number of aromatic carboxylic acids is 1. The smallest absolute Gasteiger partial charge is 0.335 e. The number of hydrogen-bond acceptors (Lipinski definition) is 4. The Balaban J connectivity index is 2.31. The maximum absolute atomic E-state index is 11.5. The molecule has 0 radical (unpaired) electrons. The lowest BCUT2D eigenvalue weighted by atomic mass is 10.2. The lowest BCUT2D eigenvalue weighted by molar-refractivity contribution is 0.0697. The number of aromatic nitrogens is 1.